The van der Waals surface area contributed by atoms with Crippen molar-refractivity contribution in [1.29, 1.82) is 0 Å². The number of rotatable bonds is 52. The molecule has 6 nitrogen and oxygen atoms in total. The number of carbonyl (C=O) groups is 3. The maximum atomic E-state index is 12.8. The molecule has 1 unspecified atom stereocenters. The van der Waals surface area contributed by atoms with Crippen LogP contribution < -0.4 is 0 Å². The van der Waals surface area contributed by atoms with Crippen molar-refractivity contribution < 1.29 is 28.6 Å². The molecule has 0 aromatic carbocycles. The highest BCUT2D eigenvalue weighted by Crippen LogP contribution is 2.15. The van der Waals surface area contributed by atoms with E-state index in [1.54, 1.807) is 0 Å². The third-order valence-electron chi connectivity index (χ3n) is 12.3. The third-order valence-corrected chi connectivity index (χ3v) is 12.3. The molecule has 0 fully saturated rings. The van der Waals surface area contributed by atoms with Gasteiger partial charge in [-0.25, -0.2) is 0 Å². The van der Waals surface area contributed by atoms with Crippen LogP contribution in [0.25, 0.3) is 0 Å². The number of allylic oxidation sites excluding steroid dienone is 18. The van der Waals surface area contributed by atoms with E-state index in [0.29, 0.717) is 19.3 Å². The summed E-state index contributed by atoms with van der Waals surface area (Å²) in [5, 5.41) is 0. The summed E-state index contributed by atoms with van der Waals surface area (Å²) >= 11 is 0. The van der Waals surface area contributed by atoms with Crippen LogP contribution in [0.5, 0.6) is 0 Å². The van der Waals surface area contributed by atoms with Gasteiger partial charge in [-0.3, -0.25) is 14.4 Å². The Balaban J connectivity index is 4.20. The Morgan fingerprint density at radius 1 is 0.296 bits per heavy atom. The second kappa shape index (κ2) is 58.6. The molecule has 0 N–H and O–H groups in total. The lowest BCUT2D eigenvalue weighted by molar-refractivity contribution is -0.167. The van der Waals surface area contributed by atoms with Gasteiger partial charge >= 0.3 is 17.9 Å². The summed E-state index contributed by atoms with van der Waals surface area (Å²) in [7, 11) is 0. The second-order valence-corrected chi connectivity index (χ2v) is 19.2. The summed E-state index contributed by atoms with van der Waals surface area (Å²) in [6.07, 6.45) is 79.7. The second-order valence-electron chi connectivity index (χ2n) is 19.2. The molecule has 0 rings (SSSR count). The SMILES string of the molecule is CC/C=C\C/C=C\C/C=C\C/C=C\C/C=C\C/C=C\C/C=C\C/C=C\C/C=C\CCCCCC(=O)OCC(COC(=O)CCCCCCCC)OC(=O)CCCCCCCCCCCCCCCCCC. The van der Waals surface area contributed by atoms with E-state index in [4.69, 9.17) is 14.2 Å². The van der Waals surface area contributed by atoms with Crippen molar-refractivity contribution in [3.63, 3.8) is 0 Å². The fourth-order valence-corrected chi connectivity index (χ4v) is 7.91. The highest BCUT2D eigenvalue weighted by Gasteiger charge is 2.19. The van der Waals surface area contributed by atoms with Gasteiger partial charge in [-0.05, 0) is 89.9 Å². The van der Waals surface area contributed by atoms with Crippen molar-refractivity contribution in [2.45, 2.75) is 271 Å². The summed E-state index contributed by atoms with van der Waals surface area (Å²) in [5.74, 6) is -0.929. The van der Waals surface area contributed by atoms with E-state index in [1.165, 1.54) is 103 Å². The van der Waals surface area contributed by atoms with Crippen LogP contribution >= 0.6 is 0 Å². The van der Waals surface area contributed by atoms with E-state index in [1.807, 2.05) is 0 Å². The zero-order valence-corrected chi connectivity index (χ0v) is 46.2. The van der Waals surface area contributed by atoms with Crippen LogP contribution in [-0.2, 0) is 28.6 Å². The average Bonchev–Trinajstić information content (AvgIpc) is 3.37. The fourth-order valence-electron chi connectivity index (χ4n) is 7.91. The van der Waals surface area contributed by atoms with Crippen LogP contribution in [0, 0.1) is 0 Å². The maximum absolute atomic E-state index is 12.8. The van der Waals surface area contributed by atoms with Crippen LogP contribution in [0.2, 0.25) is 0 Å². The van der Waals surface area contributed by atoms with Crippen molar-refractivity contribution in [3.05, 3.63) is 109 Å². The van der Waals surface area contributed by atoms with Crippen LogP contribution in [0.15, 0.2) is 109 Å². The van der Waals surface area contributed by atoms with E-state index in [9.17, 15) is 14.4 Å². The smallest absolute Gasteiger partial charge is 0.306 e. The van der Waals surface area contributed by atoms with Crippen molar-refractivity contribution in [1.82, 2.24) is 0 Å². The lowest BCUT2D eigenvalue weighted by atomic mass is 10.0. The van der Waals surface area contributed by atoms with Crippen molar-refractivity contribution in [2.24, 2.45) is 0 Å². The standard InChI is InChI=1S/C65H108O6/c1-4-7-10-13-16-18-20-22-24-26-27-28-29-30-31-32-33-34-35-36-37-38-39-40-42-43-45-47-49-52-55-58-64(67)70-61-62(60-69-63(66)57-54-51-15-12-9-6-3)71-65(68)59-56-53-50-48-46-44-41-25-23-21-19-17-14-11-8-5-2/h7,10,16,18,22,24,27-28,30-31,33-34,36-37,39-40,43,45,62H,4-6,8-9,11-15,17,19-21,23,25-26,29,32,35,38,41-42,44,46-61H2,1-3H3/b10-7-,18-16-,24-22-,28-27-,31-30-,34-33-,37-36-,40-39-,45-43-. The normalized spacial score (nSPS) is 12.9. The lowest BCUT2D eigenvalue weighted by Crippen LogP contribution is -2.30. The van der Waals surface area contributed by atoms with Gasteiger partial charge in [0, 0.05) is 19.3 Å². The predicted octanol–water partition coefficient (Wildman–Crippen LogP) is 19.9. The minimum atomic E-state index is -0.787. The topological polar surface area (TPSA) is 78.9 Å². The molecule has 0 aliphatic carbocycles. The first-order valence-electron chi connectivity index (χ1n) is 29.4. The molecule has 0 aliphatic rings. The van der Waals surface area contributed by atoms with Gasteiger partial charge in [-0.15, -0.1) is 0 Å². The molecule has 0 heterocycles. The highest BCUT2D eigenvalue weighted by atomic mass is 16.6. The molecule has 6 heteroatoms. The van der Waals surface area contributed by atoms with Gasteiger partial charge in [0.1, 0.15) is 13.2 Å². The first-order chi connectivity index (χ1) is 35.0. The van der Waals surface area contributed by atoms with Gasteiger partial charge < -0.3 is 14.2 Å². The minimum Gasteiger partial charge on any atom is -0.462 e. The van der Waals surface area contributed by atoms with Crippen molar-refractivity contribution >= 4 is 17.9 Å². The molecule has 0 amide bonds. The van der Waals surface area contributed by atoms with Gasteiger partial charge in [-0.2, -0.15) is 0 Å². The molecule has 404 valence electrons. The molecule has 0 bridgehead atoms. The molecule has 0 radical (unpaired) electrons. The largest absolute Gasteiger partial charge is 0.462 e. The van der Waals surface area contributed by atoms with E-state index in [0.717, 1.165) is 122 Å². The summed E-state index contributed by atoms with van der Waals surface area (Å²) in [5.41, 5.74) is 0. The lowest BCUT2D eigenvalue weighted by Gasteiger charge is -2.18. The highest BCUT2D eigenvalue weighted by molar-refractivity contribution is 5.71. The van der Waals surface area contributed by atoms with E-state index in [2.05, 4.69) is 130 Å². The van der Waals surface area contributed by atoms with E-state index < -0.39 is 6.10 Å². The van der Waals surface area contributed by atoms with Gasteiger partial charge in [0.25, 0.3) is 0 Å². The zero-order valence-electron chi connectivity index (χ0n) is 46.2. The number of hydrogen-bond donors (Lipinski definition) is 0. The molecular weight excluding hydrogens is 877 g/mol. The number of esters is 3. The Hall–Kier alpha value is -3.93. The summed E-state index contributed by atoms with van der Waals surface area (Å²) < 4.78 is 16.7. The molecule has 0 spiro atoms. The monoisotopic (exact) mass is 985 g/mol. The minimum absolute atomic E-state index is 0.0874. The van der Waals surface area contributed by atoms with Crippen LogP contribution in [0.3, 0.4) is 0 Å². The Morgan fingerprint density at radius 2 is 0.549 bits per heavy atom. The fraction of sp³-hybridized carbons (Fsp3) is 0.677. The molecule has 0 aliphatic heterocycles. The van der Waals surface area contributed by atoms with Crippen molar-refractivity contribution in [2.75, 3.05) is 13.2 Å². The Morgan fingerprint density at radius 3 is 0.859 bits per heavy atom. The van der Waals surface area contributed by atoms with Gasteiger partial charge in [0.15, 0.2) is 6.10 Å². The molecule has 0 aromatic rings. The van der Waals surface area contributed by atoms with Crippen LogP contribution in [0.1, 0.15) is 265 Å². The average molecular weight is 986 g/mol. The van der Waals surface area contributed by atoms with E-state index in [-0.39, 0.29) is 31.1 Å². The Labute approximate surface area is 438 Å². The number of carbonyl (C=O) groups excluding carboxylic acids is 3. The summed E-state index contributed by atoms with van der Waals surface area (Å²) in [4.78, 5) is 37.9. The molecule has 71 heavy (non-hydrogen) atoms. The molecule has 0 saturated carbocycles. The molecule has 1 atom stereocenters. The summed E-state index contributed by atoms with van der Waals surface area (Å²) in [6.45, 7) is 6.44. The summed E-state index contributed by atoms with van der Waals surface area (Å²) in [6, 6.07) is 0. The maximum Gasteiger partial charge on any atom is 0.306 e. The van der Waals surface area contributed by atoms with Crippen LogP contribution in [-0.4, -0.2) is 37.2 Å². The Kier molecular flexibility index (Phi) is 55.4. The first kappa shape index (κ1) is 67.1. The number of hydrogen-bond acceptors (Lipinski definition) is 6. The third kappa shape index (κ3) is 56.9. The van der Waals surface area contributed by atoms with Crippen LogP contribution in [0.4, 0.5) is 0 Å². The zero-order chi connectivity index (χ0) is 51.4. The van der Waals surface area contributed by atoms with Gasteiger partial charge in [0.05, 0.1) is 0 Å². The van der Waals surface area contributed by atoms with E-state index >= 15 is 0 Å². The predicted molar refractivity (Wildman–Crippen MR) is 307 cm³/mol. The van der Waals surface area contributed by atoms with Gasteiger partial charge in [-0.1, -0.05) is 265 Å². The van der Waals surface area contributed by atoms with Crippen molar-refractivity contribution in [3.8, 4) is 0 Å². The Bertz CT molecular complexity index is 1460. The number of unbranched alkanes of at least 4 members (excludes halogenated alkanes) is 23. The molecule has 0 saturated heterocycles. The quantitative estimate of drug-likeness (QED) is 0.0261. The van der Waals surface area contributed by atoms with Gasteiger partial charge in [0.2, 0.25) is 0 Å². The molecule has 0 aromatic heterocycles. The molecular formula is C65H108O6. The number of ether oxygens (including phenoxy) is 3. The first-order valence-corrected chi connectivity index (χ1v) is 29.4.